The summed E-state index contributed by atoms with van der Waals surface area (Å²) in [5.41, 5.74) is 8.39. The van der Waals surface area contributed by atoms with Gasteiger partial charge in [-0.2, -0.15) is 0 Å². The minimum atomic E-state index is -3.24. The molecule has 5 heteroatoms. The van der Waals surface area contributed by atoms with Gasteiger partial charge in [0.2, 0.25) is 10.0 Å². The van der Waals surface area contributed by atoms with Crippen LogP contribution in [0.2, 0.25) is 0 Å². The van der Waals surface area contributed by atoms with Crippen molar-refractivity contribution in [3.8, 4) is 0 Å². The Morgan fingerprint density at radius 2 is 1.90 bits per heavy atom. The van der Waals surface area contributed by atoms with Crippen molar-refractivity contribution in [1.82, 2.24) is 0 Å². The van der Waals surface area contributed by atoms with E-state index in [-0.39, 0.29) is 0 Å². The van der Waals surface area contributed by atoms with Gasteiger partial charge in [0.15, 0.2) is 0 Å². The third kappa shape index (κ3) is 3.18. The molecular formula is C16H24N2O2S. The van der Waals surface area contributed by atoms with Gasteiger partial charge in [0.25, 0.3) is 0 Å². The van der Waals surface area contributed by atoms with Gasteiger partial charge in [0.1, 0.15) is 0 Å². The highest BCUT2D eigenvalue weighted by molar-refractivity contribution is 7.92. The number of benzene rings is 1. The monoisotopic (exact) mass is 308 g/mol. The van der Waals surface area contributed by atoms with Crippen LogP contribution in [-0.2, 0) is 16.4 Å². The molecule has 1 saturated carbocycles. The molecule has 0 bridgehead atoms. The summed E-state index contributed by atoms with van der Waals surface area (Å²) >= 11 is 0. The summed E-state index contributed by atoms with van der Waals surface area (Å²) in [7, 11) is -3.24. The van der Waals surface area contributed by atoms with E-state index >= 15 is 0 Å². The zero-order chi connectivity index (χ0) is 14.9. The van der Waals surface area contributed by atoms with Crippen LogP contribution >= 0.6 is 0 Å². The van der Waals surface area contributed by atoms with Crippen LogP contribution in [0.5, 0.6) is 0 Å². The molecule has 21 heavy (non-hydrogen) atoms. The zero-order valence-corrected chi connectivity index (χ0v) is 13.2. The molecule has 0 amide bonds. The van der Waals surface area contributed by atoms with Crippen LogP contribution in [-0.4, -0.2) is 20.7 Å². The molecule has 0 radical (unpaired) electrons. The van der Waals surface area contributed by atoms with Crippen molar-refractivity contribution >= 4 is 21.4 Å². The van der Waals surface area contributed by atoms with Crippen molar-refractivity contribution in [2.24, 2.45) is 5.92 Å². The number of hydrogen-bond acceptors (Lipinski definition) is 3. The number of nitrogen functional groups attached to an aromatic ring is 1. The van der Waals surface area contributed by atoms with Gasteiger partial charge < -0.3 is 5.73 Å². The highest BCUT2D eigenvalue weighted by Gasteiger charge is 2.30. The number of fused-ring (bicyclic) bond motifs is 1. The highest BCUT2D eigenvalue weighted by atomic mass is 32.2. The van der Waals surface area contributed by atoms with E-state index in [9.17, 15) is 8.42 Å². The molecule has 0 unspecified atom stereocenters. The molecule has 1 aliphatic heterocycles. The van der Waals surface area contributed by atoms with E-state index in [1.165, 1.54) is 19.3 Å². The molecule has 0 spiro atoms. The van der Waals surface area contributed by atoms with Crippen molar-refractivity contribution in [2.75, 3.05) is 22.3 Å². The fourth-order valence-corrected chi connectivity index (χ4v) is 5.57. The largest absolute Gasteiger partial charge is 0.399 e. The summed E-state index contributed by atoms with van der Waals surface area (Å²) in [5, 5.41) is 0. The van der Waals surface area contributed by atoms with Crippen LogP contribution in [0.1, 0.15) is 44.1 Å². The van der Waals surface area contributed by atoms with Gasteiger partial charge in [0, 0.05) is 12.2 Å². The van der Waals surface area contributed by atoms with E-state index in [4.69, 9.17) is 5.73 Å². The number of nitrogens with zero attached hydrogens (tertiary/aromatic N) is 1. The first-order valence-electron chi connectivity index (χ1n) is 7.95. The third-order valence-corrected chi connectivity index (χ3v) is 6.64. The number of rotatable bonds is 3. The lowest BCUT2D eigenvalue weighted by Gasteiger charge is -2.32. The highest BCUT2D eigenvalue weighted by Crippen LogP contribution is 2.33. The summed E-state index contributed by atoms with van der Waals surface area (Å²) in [6.07, 6.45) is 7.52. The van der Waals surface area contributed by atoms with Crippen LogP contribution in [0.4, 0.5) is 11.4 Å². The first kappa shape index (κ1) is 14.7. The number of sulfonamides is 1. The molecule has 0 aromatic heterocycles. The minimum absolute atomic E-state index is 0.293. The lowest BCUT2D eigenvalue weighted by atomic mass is 9.91. The predicted molar refractivity (Wildman–Crippen MR) is 86.9 cm³/mol. The summed E-state index contributed by atoms with van der Waals surface area (Å²) in [6.45, 7) is 0.589. The molecule has 116 valence electrons. The molecule has 0 saturated heterocycles. The van der Waals surface area contributed by atoms with Gasteiger partial charge >= 0.3 is 0 Å². The molecular weight excluding hydrogens is 284 g/mol. The second-order valence-electron chi connectivity index (χ2n) is 6.35. The number of anilines is 2. The van der Waals surface area contributed by atoms with Gasteiger partial charge in [-0.1, -0.05) is 25.3 Å². The summed E-state index contributed by atoms with van der Waals surface area (Å²) in [5.74, 6) is 0.622. The smallest absolute Gasteiger partial charge is 0.235 e. The molecule has 0 atom stereocenters. The van der Waals surface area contributed by atoms with Crippen molar-refractivity contribution in [2.45, 2.75) is 44.9 Å². The Hall–Kier alpha value is -1.23. The van der Waals surface area contributed by atoms with E-state index in [0.29, 0.717) is 23.9 Å². The van der Waals surface area contributed by atoms with Gasteiger partial charge in [-0.3, -0.25) is 4.31 Å². The van der Waals surface area contributed by atoms with Crippen molar-refractivity contribution < 1.29 is 8.42 Å². The second-order valence-corrected chi connectivity index (χ2v) is 8.28. The number of hydrogen-bond donors (Lipinski definition) is 1. The Balaban J connectivity index is 1.84. The van der Waals surface area contributed by atoms with Gasteiger partial charge in [-0.05, 0) is 49.3 Å². The van der Waals surface area contributed by atoms with Gasteiger partial charge in [0.05, 0.1) is 11.4 Å². The third-order valence-electron chi connectivity index (χ3n) is 4.69. The van der Waals surface area contributed by atoms with E-state index in [1.807, 2.05) is 18.2 Å². The maximum Gasteiger partial charge on any atom is 0.235 e. The lowest BCUT2D eigenvalue weighted by molar-refractivity contribution is 0.384. The normalized spacial score (nSPS) is 20.3. The van der Waals surface area contributed by atoms with E-state index in [1.54, 1.807) is 4.31 Å². The molecule has 4 nitrogen and oxygen atoms in total. The van der Waals surface area contributed by atoms with Gasteiger partial charge in [-0.25, -0.2) is 8.42 Å². The molecule has 1 aliphatic carbocycles. The average Bonchev–Trinajstić information content (AvgIpc) is 2.47. The van der Waals surface area contributed by atoms with Crippen molar-refractivity contribution in [3.05, 3.63) is 23.8 Å². The first-order chi connectivity index (χ1) is 10.1. The summed E-state index contributed by atoms with van der Waals surface area (Å²) < 4.78 is 27.2. The van der Waals surface area contributed by atoms with Crippen molar-refractivity contribution in [1.29, 1.82) is 0 Å². The van der Waals surface area contributed by atoms with Crippen LogP contribution in [0.25, 0.3) is 0 Å². The molecule has 3 rings (SSSR count). The number of aryl methyl sites for hydroxylation is 1. The Labute approximate surface area is 127 Å². The Kier molecular flexibility index (Phi) is 4.11. The van der Waals surface area contributed by atoms with Crippen LogP contribution in [0.15, 0.2) is 18.2 Å². The minimum Gasteiger partial charge on any atom is -0.399 e. The molecule has 1 aromatic rings. The first-order valence-corrected chi connectivity index (χ1v) is 9.56. The van der Waals surface area contributed by atoms with E-state index < -0.39 is 10.0 Å². The van der Waals surface area contributed by atoms with Crippen LogP contribution in [0.3, 0.4) is 0 Å². The zero-order valence-electron chi connectivity index (χ0n) is 12.4. The van der Waals surface area contributed by atoms with Crippen LogP contribution < -0.4 is 10.0 Å². The number of nitrogens with two attached hydrogens (primary N) is 1. The fraction of sp³-hybridized carbons (Fsp3) is 0.625. The lowest BCUT2D eigenvalue weighted by Crippen LogP contribution is -2.39. The SMILES string of the molecule is Nc1ccc2c(c1)N(S(=O)(=O)CC1CCCCC1)CCC2. The van der Waals surface area contributed by atoms with Crippen molar-refractivity contribution in [3.63, 3.8) is 0 Å². The molecule has 2 N–H and O–H groups in total. The molecule has 1 aromatic carbocycles. The Morgan fingerprint density at radius 1 is 1.14 bits per heavy atom. The maximum atomic E-state index is 12.8. The standard InChI is InChI=1S/C16H24N2O2S/c17-15-9-8-14-7-4-10-18(16(14)11-15)21(19,20)12-13-5-2-1-3-6-13/h8-9,11,13H,1-7,10,12,17H2. The maximum absolute atomic E-state index is 12.8. The van der Waals surface area contributed by atoms with Gasteiger partial charge in [-0.15, -0.1) is 0 Å². The fourth-order valence-electron chi connectivity index (χ4n) is 3.59. The molecule has 1 fully saturated rings. The van der Waals surface area contributed by atoms with Crippen LogP contribution in [0, 0.1) is 5.92 Å². The topological polar surface area (TPSA) is 63.4 Å². The quantitative estimate of drug-likeness (QED) is 0.873. The summed E-state index contributed by atoms with van der Waals surface area (Å²) in [4.78, 5) is 0. The second kappa shape index (κ2) is 5.87. The molecule has 1 heterocycles. The Morgan fingerprint density at radius 3 is 2.67 bits per heavy atom. The average molecular weight is 308 g/mol. The van der Waals surface area contributed by atoms with E-state index in [2.05, 4.69) is 0 Å². The van der Waals surface area contributed by atoms with E-state index in [0.717, 1.165) is 36.9 Å². The Bertz CT molecular complexity index is 607. The molecule has 2 aliphatic rings. The predicted octanol–water partition coefficient (Wildman–Crippen LogP) is 2.93. The summed E-state index contributed by atoms with van der Waals surface area (Å²) in [6, 6.07) is 5.63.